The Morgan fingerprint density at radius 2 is 2.04 bits per heavy atom. The summed E-state index contributed by atoms with van der Waals surface area (Å²) in [6.45, 7) is 1.14. The molecule has 6 nitrogen and oxygen atoms in total. The van der Waals surface area contributed by atoms with Gasteiger partial charge < -0.3 is 19.0 Å². The molecule has 0 saturated carbocycles. The van der Waals surface area contributed by atoms with E-state index >= 15 is 0 Å². The maximum Gasteiger partial charge on any atom is 0.312 e. The Balaban J connectivity index is 1.71. The molecule has 0 amide bonds. The number of rotatable bonds is 5. The van der Waals surface area contributed by atoms with Crippen LogP contribution < -0.4 is 4.74 Å². The predicted octanol–water partition coefficient (Wildman–Crippen LogP) is 2.55. The van der Waals surface area contributed by atoms with E-state index in [1.807, 2.05) is 24.3 Å². The summed E-state index contributed by atoms with van der Waals surface area (Å²) in [5.41, 5.74) is 1.25. The smallest absolute Gasteiger partial charge is 0.312 e. The molecule has 0 radical (unpaired) electrons. The minimum atomic E-state index is -0.538. The van der Waals surface area contributed by atoms with Gasteiger partial charge in [-0.05, 0) is 25.0 Å². The van der Waals surface area contributed by atoms with Crippen LogP contribution in [-0.2, 0) is 19.1 Å². The van der Waals surface area contributed by atoms with Crippen molar-refractivity contribution in [1.82, 2.24) is 0 Å². The number of benzene rings is 1. The molecule has 1 aromatic rings. The van der Waals surface area contributed by atoms with Crippen LogP contribution in [0.1, 0.15) is 31.2 Å². The van der Waals surface area contributed by atoms with Gasteiger partial charge in [0.1, 0.15) is 11.9 Å². The zero-order valence-electron chi connectivity index (χ0n) is 14.1. The molecule has 1 unspecified atom stereocenters. The van der Waals surface area contributed by atoms with Crippen LogP contribution in [0.2, 0.25) is 0 Å². The van der Waals surface area contributed by atoms with Crippen molar-refractivity contribution in [1.29, 1.82) is 0 Å². The molecule has 0 bridgehead atoms. The zero-order chi connectivity index (χ0) is 17.0. The maximum absolute atomic E-state index is 12.3. The quantitative estimate of drug-likeness (QED) is 0.775. The fourth-order valence-electron chi connectivity index (χ4n) is 3.49. The van der Waals surface area contributed by atoms with Crippen LogP contribution in [0.4, 0.5) is 0 Å². The summed E-state index contributed by atoms with van der Waals surface area (Å²) >= 11 is 0. The number of oxime groups is 1. The van der Waals surface area contributed by atoms with Gasteiger partial charge >= 0.3 is 5.97 Å². The molecule has 0 spiro atoms. The number of methoxy groups -OCH3 is 2. The van der Waals surface area contributed by atoms with Gasteiger partial charge in [-0.1, -0.05) is 17.3 Å². The van der Waals surface area contributed by atoms with E-state index in [9.17, 15) is 4.79 Å². The Kier molecular flexibility index (Phi) is 5.04. The van der Waals surface area contributed by atoms with Crippen LogP contribution in [-0.4, -0.2) is 45.2 Å². The number of para-hydroxylation sites is 1. The monoisotopic (exact) mass is 333 g/mol. The standard InChI is InChI=1S/C18H23NO5/c1-21-16-6-4-3-5-14(16)15-11-13(24-19-15)12-18(17(20)22-2)7-9-23-10-8-18/h3-6,13H,7-12H2,1-2H3. The van der Waals surface area contributed by atoms with Crippen molar-refractivity contribution < 1.29 is 23.8 Å². The molecule has 0 aliphatic carbocycles. The topological polar surface area (TPSA) is 66.4 Å². The first-order valence-corrected chi connectivity index (χ1v) is 8.21. The molecule has 1 saturated heterocycles. The normalized spacial score (nSPS) is 22.4. The maximum atomic E-state index is 12.3. The van der Waals surface area contributed by atoms with Crippen LogP contribution in [0.3, 0.4) is 0 Å². The van der Waals surface area contributed by atoms with E-state index in [1.165, 1.54) is 7.11 Å². The largest absolute Gasteiger partial charge is 0.496 e. The Bertz CT molecular complexity index is 622. The van der Waals surface area contributed by atoms with Gasteiger partial charge in [0, 0.05) is 31.6 Å². The van der Waals surface area contributed by atoms with E-state index in [4.69, 9.17) is 19.0 Å². The molecule has 1 fully saturated rings. The zero-order valence-corrected chi connectivity index (χ0v) is 14.1. The van der Waals surface area contributed by atoms with Gasteiger partial charge in [0.15, 0.2) is 0 Å². The molecule has 3 rings (SSSR count). The van der Waals surface area contributed by atoms with E-state index in [0.29, 0.717) is 38.9 Å². The van der Waals surface area contributed by atoms with Crippen LogP contribution in [0.15, 0.2) is 29.4 Å². The SMILES string of the molecule is COC(=O)C1(CC2CC(c3ccccc3OC)=NO2)CCOCC1. The summed E-state index contributed by atoms with van der Waals surface area (Å²) in [5.74, 6) is 0.592. The lowest BCUT2D eigenvalue weighted by atomic mass is 9.75. The predicted molar refractivity (Wildman–Crippen MR) is 88.1 cm³/mol. The van der Waals surface area contributed by atoms with E-state index in [1.54, 1.807) is 7.11 Å². The fraction of sp³-hybridized carbons (Fsp3) is 0.556. The van der Waals surface area contributed by atoms with Gasteiger partial charge in [0.25, 0.3) is 0 Å². The number of nitrogens with zero attached hydrogens (tertiary/aromatic N) is 1. The fourth-order valence-corrected chi connectivity index (χ4v) is 3.49. The Morgan fingerprint density at radius 3 is 2.75 bits per heavy atom. The summed E-state index contributed by atoms with van der Waals surface area (Å²) in [6, 6.07) is 7.74. The van der Waals surface area contributed by atoms with Crippen molar-refractivity contribution in [2.45, 2.75) is 31.8 Å². The molecule has 2 aliphatic heterocycles. The summed E-state index contributed by atoms with van der Waals surface area (Å²) in [7, 11) is 3.08. The average molecular weight is 333 g/mol. The molecular weight excluding hydrogens is 310 g/mol. The lowest BCUT2D eigenvalue weighted by Gasteiger charge is -2.35. The summed E-state index contributed by atoms with van der Waals surface area (Å²) in [5, 5.41) is 4.23. The molecule has 1 atom stereocenters. The highest BCUT2D eigenvalue weighted by atomic mass is 16.6. The number of carbonyl (C=O) groups excluding carboxylic acids is 1. The number of carbonyl (C=O) groups is 1. The molecule has 24 heavy (non-hydrogen) atoms. The van der Waals surface area contributed by atoms with Gasteiger partial charge in [0.2, 0.25) is 0 Å². The first-order valence-electron chi connectivity index (χ1n) is 8.21. The van der Waals surface area contributed by atoms with Gasteiger partial charge in [-0.15, -0.1) is 0 Å². The number of hydrogen-bond donors (Lipinski definition) is 0. The van der Waals surface area contributed by atoms with Crippen molar-refractivity contribution in [2.24, 2.45) is 10.6 Å². The van der Waals surface area contributed by atoms with Crippen LogP contribution in [0.25, 0.3) is 0 Å². The minimum Gasteiger partial charge on any atom is -0.496 e. The van der Waals surface area contributed by atoms with Crippen molar-refractivity contribution in [3.8, 4) is 5.75 Å². The van der Waals surface area contributed by atoms with Crippen LogP contribution in [0, 0.1) is 5.41 Å². The molecule has 2 aliphatic rings. The van der Waals surface area contributed by atoms with Crippen molar-refractivity contribution >= 4 is 11.7 Å². The first-order chi connectivity index (χ1) is 11.7. The number of esters is 1. The second-order valence-electron chi connectivity index (χ2n) is 6.26. The van der Waals surface area contributed by atoms with Gasteiger partial charge in [-0.3, -0.25) is 4.79 Å². The molecule has 130 valence electrons. The molecule has 0 aromatic heterocycles. The second-order valence-corrected chi connectivity index (χ2v) is 6.26. The van der Waals surface area contributed by atoms with Gasteiger partial charge in [0.05, 0.1) is 25.3 Å². The molecule has 6 heteroatoms. The summed E-state index contributed by atoms with van der Waals surface area (Å²) < 4.78 is 15.8. The van der Waals surface area contributed by atoms with Crippen LogP contribution in [0.5, 0.6) is 5.75 Å². The van der Waals surface area contributed by atoms with Crippen molar-refractivity contribution in [3.05, 3.63) is 29.8 Å². The minimum absolute atomic E-state index is 0.137. The highest BCUT2D eigenvalue weighted by molar-refractivity contribution is 6.03. The van der Waals surface area contributed by atoms with E-state index < -0.39 is 5.41 Å². The van der Waals surface area contributed by atoms with E-state index in [-0.39, 0.29) is 12.1 Å². The second kappa shape index (κ2) is 7.21. The number of ether oxygens (including phenoxy) is 3. The third-order valence-electron chi connectivity index (χ3n) is 4.84. The third-order valence-corrected chi connectivity index (χ3v) is 4.84. The summed E-state index contributed by atoms with van der Waals surface area (Å²) in [4.78, 5) is 18.0. The van der Waals surface area contributed by atoms with Gasteiger partial charge in [-0.2, -0.15) is 0 Å². The van der Waals surface area contributed by atoms with E-state index in [0.717, 1.165) is 17.0 Å². The lowest BCUT2D eigenvalue weighted by Crippen LogP contribution is -2.41. The lowest BCUT2D eigenvalue weighted by molar-refractivity contribution is -0.162. The number of hydrogen-bond acceptors (Lipinski definition) is 6. The Labute approximate surface area is 141 Å². The highest BCUT2D eigenvalue weighted by Crippen LogP contribution is 2.39. The van der Waals surface area contributed by atoms with Crippen molar-refractivity contribution in [2.75, 3.05) is 27.4 Å². The molecule has 2 heterocycles. The highest BCUT2D eigenvalue weighted by Gasteiger charge is 2.44. The van der Waals surface area contributed by atoms with Crippen LogP contribution >= 0.6 is 0 Å². The Morgan fingerprint density at radius 1 is 1.29 bits per heavy atom. The first kappa shape index (κ1) is 16.8. The average Bonchev–Trinajstić information content (AvgIpc) is 3.09. The van der Waals surface area contributed by atoms with Crippen molar-refractivity contribution in [3.63, 3.8) is 0 Å². The molecular formula is C18H23NO5. The molecule has 1 aromatic carbocycles. The summed E-state index contributed by atoms with van der Waals surface area (Å²) in [6.07, 6.45) is 2.42. The molecule has 0 N–H and O–H groups in total. The Hall–Kier alpha value is -2.08. The van der Waals surface area contributed by atoms with Gasteiger partial charge in [-0.25, -0.2) is 0 Å². The van der Waals surface area contributed by atoms with E-state index in [2.05, 4.69) is 5.16 Å². The third kappa shape index (κ3) is 3.24.